The van der Waals surface area contributed by atoms with E-state index in [1.807, 2.05) is 42.5 Å². The molecule has 3 aromatic rings. The molecule has 2 aromatic carbocycles. The van der Waals surface area contributed by atoms with Gasteiger partial charge in [0.05, 0.1) is 26.9 Å². The average molecular weight is 475 g/mol. The number of para-hydroxylation sites is 2. The van der Waals surface area contributed by atoms with Crippen LogP contribution in [0, 0.1) is 0 Å². The average Bonchev–Trinajstić information content (AvgIpc) is 3.28. The molecular weight excluding hydrogens is 444 g/mol. The van der Waals surface area contributed by atoms with E-state index in [9.17, 15) is 9.59 Å². The van der Waals surface area contributed by atoms with E-state index in [0.717, 1.165) is 47.4 Å². The summed E-state index contributed by atoms with van der Waals surface area (Å²) in [6.07, 6.45) is 0.504. The highest BCUT2D eigenvalue weighted by Gasteiger charge is 2.48. The lowest BCUT2D eigenvalue weighted by Crippen LogP contribution is -2.63. The summed E-state index contributed by atoms with van der Waals surface area (Å²) in [5.41, 5.74) is 3.97. The smallest absolute Gasteiger partial charge is 0.246 e. The predicted molar refractivity (Wildman–Crippen MR) is 131 cm³/mol. The van der Waals surface area contributed by atoms with Crippen molar-refractivity contribution in [1.82, 2.24) is 19.7 Å². The van der Waals surface area contributed by atoms with Crippen molar-refractivity contribution < 1.29 is 19.1 Å². The Balaban J connectivity index is 1.39. The molecule has 1 aromatic heterocycles. The van der Waals surface area contributed by atoms with Crippen LogP contribution in [0.2, 0.25) is 0 Å². The number of nitrogens with zero attached hydrogens (tertiary/aromatic N) is 3. The molecule has 35 heavy (non-hydrogen) atoms. The van der Waals surface area contributed by atoms with E-state index >= 15 is 0 Å². The van der Waals surface area contributed by atoms with Crippen LogP contribution >= 0.6 is 0 Å². The Kier molecular flexibility index (Phi) is 5.70. The zero-order valence-electron chi connectivity index (χ0n) is 19.9. The number of rotatable bonds is 5. The van der Waals surface area contributed by atoms with Gasteiger partial charge in [-0.3, -0.25) is 14.5 Å². The number of H-pyrrole nitrogens is 1. The molecule has 0 bridgehead atoms. The number of nitrogens with one attached hydrogen (secondary N) is 1. The molecule has 182 valence electrons. The van der Waals surface area contributed by atoms with Crippen LogP contribution in [0.25, 0.3) is 10.9 Å². The van der Waals surface area contributed by atoms with Gasteiger partial charge in [0, 0.05) is 54.8 Å². The predicted octanol–water partition coefficient (Wildman–Crippen LogP) is 2.19. The quantitative estimate of drug-likeness (QED) is 0.614. The van der Waals surface area contributed by atoms with E-state index in [-0.39, 0.29) is 18.4 Å². The normalized spacial score (nSPS) is 22.9. The fourth-order valence-electron chi connectivity index (χ4n) is 5.82. The highest BCUT2D eigenvalue weighted by molar-refractivity contribution is 5.97. The molecule has 8 nitrogen and oxygen atoms in total. The fourth-order valence-corrected chi connectivity index (χ4v) is 5.82. The number of aromatic nitrogens is 1. The number of carbonyl (C=O) groups is 2. The summed E-state index contributed by atoms with van der Waals surface area (Å²) in [4.78, 5) is 36.9. The summed E-state index contributed by atoms with van der Waals surface area (Å²) < 4.78 is 11.1. The number of hydrogen-bond donors (Lipinski definition) is 1. The first-order valence-corrected chi connectivity index (χ1v) is 12.3. The Bertz CT molecular complexity index is 1270. The maximum absolute atomic E-state index is 13.8. The van der Waals surface area contributed by atoms with Gasteiger partial charge in [0.15, 0.2) is 0 Å². The molecule has 1 N–H and O–H groups in total. The molecule has 2 saturated heterocycles. The fraction of sp³-hybridized carbons (Fsp3) is 0.407. The van der Waals surface area contributed by atoms with Crippen LogP contribution in [0.3, 0.4) is 0 Å². The van der Waals surface area contributed by atoms with Gasteiger partial charge in [0.25, 0.3) is 0 Å². The first-order valence-electron chi connectivity index (χ1n) is 12.3. The van der Waals surface area contributed by atoms with Gasteiger partial charge in [-0.2, -0.15) is 0 Å². The number of carbonyl (C=O) groups excluding carboxylic acids is 2. The van der Waals surface area contributed by atoms with Crippen molar-refractivity contribution in [2.45, 2.75) is 18.5 Å². The van der Waals surface area contributed by atoms with Gasteiger partial charge in [-0.15, -0.1) is 0 Å². The van der Waals surface area contributed by atoms with Crippen LogP contribution in [-0.2, 0) is 20.7 Å². The summed E-state index contributed by atoms with van der Waals surface area (Å²) in [6.45, 7) is 4.56. The minimum Gasteiger partial charge on any atom is -0.496 e. The van der Waals surface area contributed by atoms with Crippen molar-refractivity contribution in [3.63, 3.8) is 0 Å². The number of aromatic amines is 1. The molecule has 2 amide bonds. The van der Waals surface area contributed by atoms with Crippen molar-refractivity contribution in [3.05, 3.63) is 65.4 Å². The number of methoxy groups -OCH3 is 1. The maximum Gasteiger partial charge on any atom is 0.246 e. The SMILES string of the molecule is COc1ccccc1C1c2[nH]c3ccccc3c2CC2C(=O)N(CCN3CCOCC3)CC(=O)N21. The Morgan fingerprint density at radius 1 is 1.03 bits per heavy atom. The largest absolute Gasteiger partial charge is 0.496 e. The maximum atomic E-state index is 13.8. The molecule has 6 rings (SSSR count). The number of ether oxygens (including phenoxy) is 2. The lowest BCUT2D eigenvalue weighted by molar-refractivity contribution is -0.159. The lowest BCUT2D eigenvalue weighted by Gasteiger charge is -2.47. The topological polar surface area (TPSA) is 78.1 Å². The van der Waals surface area contributed by atoms with Gasteiger partial charge in [-0.25, -0.2) is 0 Å². The zero-order valence-corrected chi connectivity index (χ0v) is 19.9. The first kappa shape index (κ1) is 22.1. The van der Waals surface area contributed by atoms with Crippen molar-refractivity contribution in [2.75, 3.05) is 53.0 Å². The molecule has 0 aliphatic carbocycles. The van der Waals surface area contributed by atoms with Gasteiger partial charge >= 0.3 is 0 Å². The highest BCUT2D eigenvalue weighted by Crippen LogP contribution is 2.44. The van der Waals surface area contributed by atoms with E-state index in [4.69, 9.17) is 9.47 Å². The number of fused-ring (bicyclic) bond motifs is 4. The van der Waals surface area contributed by atoms with Crippen molar-refractivity contribution in [2.24, 2.45) is 0 Å². The lowest BCUT2D eigenvalue weighted by atomic mass is 9.86. The van der Waals surface area contributed by atoms with Gasteiger partial charge in [0.2, 0.25) is 11.8 Å². The van der Waals surface area contributed by atoms with E-state index in [0.29, 0.717) is 31.9 Å². The summed E-state index contributed by atoms with van der Waals surface area (Å²) in [5, 5.41) is 1.10. The number of benzene rings is 2. The number of hydrogen-bond acceptors (Lipinski definition) is 5. The van der Waals surface area contributed by atoms with Crippen LogP contribution in [0.4, 0.5) is 0 Å². The number of amides is 2. The number of piperazine rings is 1. The second-order valence-corrected chi connectivity index (χ2v) is 9.44. The summed E-state index contributed by atoms with van der Waals surface area (Å²) >= 11 is 0. The molecule has 3 aliphatic heterocycles. The minimum atomic E-state index is -0.539. The van der Waals surface area contributed by atoms with E-state index in [1.54, 1.807) is 16.9 Å². The molecule has 4 heterocycles. The van der Waals surface area contributed by atoms with Crippen molar-refractivity contribution >= 4 is 22.7 Å². The first-order chi connectivity index (χ1) is 17.2. The van der Waals surface area contributed by atoms with Gasteiger partial charge in [-0.05, 0) is 17.7 Å². The van der Waals surface area contributed by atoms with E-state index < -0.39 is 12.1 Å². The van der Waals surface area contributed by atoms with E-state index in [1.165, 1.54) is 0 Å². The molecule has 0 saturated carbocycles. The summed E-state index contributed by atoms with van der Waals surface area (Å²) in [5.74, 6) is 0.697. The molecule has 0 radical (unpaired) electrons. The molecule has 2 unspecified atom stereocenters. The Hall–Kier alpha value is -3.36. The monoisotopic (exact) mass is 474 g/mol. The van der Waals surface area contributed by atoms with Gasteiger partial charge in [0.1, 0.15) is 17.8 Å². The zero-order chi connectivity index (χ0) is 23.9. The van der Waals surface area contributed by atoms with Gasteiger partial charge < -0.3 is 24.3 Å². The number of morpholine rings is 1. The second-order valence-electron chi connectivity index (χ2n) is 9.44. The second kappa shape index (κ2) is 9.02. The highest BCUT2D eigenvalue weighted by atomic mass is 16.5. The third kappa shape index (κ3) is 3.77. The third-order valence-electron chi connectivity index (χ3n) is 7.57. The standard InChI is InChI=1S/C27H30N4O4/c1-34-23-9-5-3-7-19(23)26-25-20(18-6-2-4-8-21(18)28-25)16-22-27(33)30(17-24(32)31(22)26)11-10-29-12-14-35-15-13-29/h2-9,22,26,28H,10-17H2,1H3. The molecule has 3 aliphatic rings. The molecule has 2 fully saturated rings. The van der Waals surface area contributed by atoms with Crippen LogP contribution < -0.4 is 4.74 Å². The van der Waals surface area contributed by atoms with Crippen LogP contribution in [0.1, 0.15) is 22.9 Å². The van der Waals surface area contributed by atoms with Crippen molar-refractivity contribution in [1.29, 1.82) is 0 Å². The van der Waals surface area contributed by atoms with E-state index in [2.05, 4.69) is 16.0 Å². The Morgan fingerprint density at radius 2 is 1.80 bits per heavy atom. The Morgan fingerprint density at radius 3 is 2.63 bits per heavy atom. The summed E-state index contributed by atoms with van der Waals surface area (Å²) in [7, 11) is 1.64. The molecule has 0 spiro atoms. The molecule has 2 atom stereocenters. The van der Waals surface area contributed by atoms with Crippen LogP contribution in [0.5, 0.6) is 5.75 Å². The summed E-state index contributed by atoms with van der Waals surface area (Å²) in [6, 6.07) is 15.0. The van der Waals surface area contributed by atoms with Crippen LogP contribution in [-0.4, -0.2) is 90.6 Å². The Labute approximate surface area is 204 Å². The third-order valence-corrected chi connectivity index (χ3v) is 7.57. The molecular formula is C27H30N4O4. The minimum absolute atomic E-state index is 0.0219. The van der Waals surface area contributed by atoms with Crippen molar-refractivity contribution in [3.8, 4) is 5.75 Å². The van der Waals surface area contributed by atoms with Gasteiger partial charge in [-0.1, -0.05) is 36.4 Å². The van der Waals surface area contributed by atoms with Crippen LogP contribution in [0.15, 0.2) is 48.5 Å². The molecule has 8 heteroatoms.